The molecule has 0 spiro atoms. The number of aryl methyl sites for hydroxylation is 1. The molecule has 1 aromatic carbocycles. The van der Waals surface area contributed by atoms with Crippen LogP contribution in [0.2, 0.25) is 0 Å². The second kappa shape index (κ2) is 6.29. The molecule has 1 aliphatic carbocycles. The van der Waals surface area contributed by atoms with E-state index in [0.29, 0.717) is 17.0 Å². The fraction of sp³-hybridized carbons (Fsp3) is 0.316. The zero-order chi connectivity index (χ0) is 19.2. The number of benzene rings is 1. The van der Waals surface area contributed by atoms with Gasteiger partial charge in [-0.15, -0.1) is 0 Å². The van der Waals surface area contributed by atoms with Crippen LogP contribution in [0.5, 0.6) is 0 Å². The second-order valence-corrected chi connectivity index (χ2v) is 7.00. The number of hydrogen-bond donors (Lipinski definition) is 2. The van der Waals surface area contributed by atoms with Crippen LogP contribution in [0.4, 0.5) is 14.6 Å². The molecule has 27 heavy (non-hydrogen) atoms. The molecular weight excluding hydrogens is 354 g/mol. The van der Waals surface area contributed by atoms with Gasteiger partial charge in [0.2, 0.25) is 5.71 Å². The van der Waals surface area contributed by atoms with E-state index in [0.717, 1.165) is 25.0 Å². The first kappa shape index (κ1) is 17.4. The molecule has 3 aromatic rings. The molecule has 2 heterocycles. The Hall–Kier alpha value is -3.03. The maximum Gasteiger partial charge on any atom is 0.255 e. The number of aromatic nitrogens is 2. The van der Waals surface area contributed by atoms with Gasteiger partial charge in [-0.25, -0.2) is 18.7 Å². The van der Waals surface area contributed by atoms with Crippen molar-refractivity contribution in [2.75, 3.05) is 5.32 Å². The van der Waals surface area contributed by atoms with E-state index in [1.165, 1.54) is 12.4 Å². The minimum Gasteiger partial charge on any atom is -0.442 e. The van der Waals surface area contributed by atoms with Crippen LogP contribution in [0, 0.1) is 18.6 Å². The van der Waals surface area contributed by atoms with Gasteiger partial charge >= 0.3 is 0 Å². The highest BCUT2D eigenvalue weighted by atomic mass is 19.1. The van der Waals surface area contributed by atoms with E-state index in [1.54, 1.807) is 6.92 Å². The van der Waals surface area contributed by atoms with Crippen LogP contribution in [-0.4, -0.2) is 21.4 Å². The van der Waals surface area contributed by atoms with Crippen molar-refractivity contribution in [3.63, 3.8) is 0 Å². The Morgan fingerprint density at radius 1 is 1.26 bits per heavy atom. The number of rotatable bonds is 5. The summed E-state index contributed by atoms with van der Waals surface area (Å²) in [4.78, 5) is 21.1. The molecule has 0 bridgehead atoms. The predicted molar refractivity (Wildman–Crippen MR) is 95.3 cm³/mol. The lowest BCUT2D eigenvalue weighted by atomic mass is 10.1. The average molecular weight is 372 g/mol. The molecule has 0 saturated heterocycles. The third kappa shape index (κ3) is 3.22. The smallest absolute Gasteiger partial charge is 0.255 e. The van der Waals surface area contributed by atoms with Gasteiger partial charge in [0.25, 0.3) is 5.91 Å². The maximum absolute atomic E-state index is 13.8. The number of anilines is 1. The first-order valence-electron chi connectivity index (χ1n) is 8.61. The molecule has 0 atom stereocenters. The van der Waals surface area contributed by atoms with Crippen LogP contribution >= 0.6 is 0 Å². The third-order valence-electron chi connectivity index (χ3n) is 4.80. The first-order valence-corrected chi connectivity index (χ1v) is 8.61. The van der Waals surface area contributed by atoms with Gasteiger partial charge < -0.3 is 15.1 Å². The van der Waals surface area contributed by atoms with E-state index in [9.17, 15) is 13.6 Å². The van der Waals surface area contributed by atoms with E-state index in [1.807, 2.05) is 0 Å². The first-order chi connectivity index (χ1) is 12.9. The number of halogens is 2. The molecule has 2 N–H and O–H groups in total. The van der Waals surface area contributed by atoms with E-state index in [2.05, 4.69) is 27.5 Å². The quantitative estimate of drug-likeness (QED) is 0.714. The van der Waals surface area contributed by atoms with Gasteiger partial charge in [-0.05, 0) is 38.8 Å². The summed E-state index contributed by atoms with van der Waals surface area (Å²) in [7, 11) is 0. The molecule has 1 aliphatic rings. The minimum atomic E-state index is -0.712. The van der Waals surface area contributed by atoms with Crippen LogP contribution < -0.4 is 10.6 Å². The summed E-state index contributed by atoms with van der Waals surface area (Å²) in [5, 5.41) is 6.35. The van der Waals surface area contributed by atoms with E-state index < -0.39 is 17.5 Å². The largest absolute Gasteiger partial charge is 0.442 e. The summed E-state index contributed by atoms with van der Waals surface area (Å²) in [6, 6.07) is 3.57. The van der Waals surface area contributed by atoms with Gasteiger partial charge in [0.05, 0.1) is 10.9 Å². The van der Waals surface area contributed by atoms with Crippen molar-refractivity contribution in [2.24, 2.45) is 0 Å². The fourth-order valence-corrected chi connectivity index (χ4v) is 2.97. The van der Waals surface area contributed by atoms with Gasteiger partial charge in [-0.1, -0.05) is 6.07 Å². The Bertz CT molecular complexity index is 1020. The number of carbonyl (C=O) groups is 1. The van der Waals surface area contributed by atoms with E-state index >= 15 is 0 Å². The summed E-state index contributed by atoms with van der Waals surface area (Å²) in [6.45, 7) is 3.43. The lowest BCUT2D eigenvalue weighted by Gasteiger charge is -2.13. The molecule has 8 heteroatoms. The number of nitrogens with one attached hydrogen (secondary N) is 2. The SMILES string of the molecule is Cc1oc2ncnc(NC3(C)CC3)c2c1C(=O)NCc1c(F)cccc1F. The van der Waals surface area contributed by atoms with Crippen molar-refractivity contribution < 1.29 is 18.0 Å². The van der Waals surface area contributed by atoms with Crippen molar-refractivity contribution >= 4 is 22.8 Å². The highest BCUT2D eigenvalue weighted by molar-refractivity contribution is 6.10. The molecule has 1 amide bonds. The van der Waals surface area contributed by atoms with Crippen molar-refractivity contribution in [3.8, 4) is 0 Å². The van der Waals surface area contributed by atoms with Crippen molar-refractivity contribution in [2.45, 2.75) is 38.8 Å². The Morgan fingerprint density at radius 3 is 2.63 bits per heavy atom. The molecule has 1 saturated carbocycles. The lowest BCUT2D eigenvalue weighted by Crippen LogP contribution is -2.25. The fourth-order valence-electron chi connectivity index (χ4n) is 2.97. The number of amides is 1. The molecular formula is C19H18F2N4O2. The zero-order valence-corrected chi connectivity index (χ0v) is 14.9. The van der Waals surface area contributed by atoms with Crippen LogP contribution in [0.25, 0.3) is 11.1 Å². The lowest BCUT2D eigenvalue weighted by molar-refractivity contribution is 0.0950. The number of nitrogens with zero attached hydrogens (tertiary/aromatic N) is 2. The summed E-state index contributed by atoms with van der Waals surface area (Å²) < 4.78 is 33.2. The molecule has 2 aromatic heterocycles. The highest BCUT2D eigenvalue weighted by Gasteiger charge is 2.38. The monoisotopic (exact) mass is 372 g/mol. The maximum atomic E-state index is 13.8. The second-order valence-electron chi connectivity index (χ2n) is 7.00. The average Bonchev–Trinajstić information content (AvgIpc) is 3.23. The minimum absolute atomic E-state index is 0.0590. The van der Waals surface area contributed by atoms with Gasteiger partial charge in [0.15, 0.2) is 0 Å². The van der Waals surface area contributed by atoms with Gasteiger partial charge in [-0.2, -0.15) is 0 Å². The normalized spacial score (nSPS) is 15.0. The van der Waals surface area contributed by atoms with Crippen LogP contribution in [-0.2, 0) is 6.54 Å². The Labute approximate surface area is 154 Å². The topological polar surface area (TPSA) is 80.1 Å². The number of carbonyl (C=O) groups excluding carboxylic acids is 1. The molecule has 140 valence electrons. The van der Waals surface area contributed by atoms with Crippen molar-refractivity contribution in [1.29, 1.82) is 0 Å². The molecule has 0 aliphatic heterocycles. The van der Waals surface area contributed by atoms with E-state index in [-0.39, 0.29) is 28.9 Å². The predicted octanol–water partition coefficient (Wildman–Crippen LogP) is 3.70. The molecule has 6 nitrogen and oxygen atoms in total. The Kier molecular flexibility index (Phi) is 4.05. The summed E-state index contributed by atoms with van der Waals surface area (Å²) in [5.41, 5.74) is 0.290. The van der Waals surface area contributed by atoms with Crippen molar-refractivity contribution in [1.82, 2.24) is 15.3 Å². The van der Waals surface area contributed by atoms with Gasteiger partial charge in [0, 0.05) is 17.6 Å². The zero-order valence-electron chi connectivity index (χ0n) is 14.9. The van der Waals surface area contributed by atoms with E-state index in [4.69, 9.17) is 4.42 Å². The Balaban J connectivity index is 1.66. The van der Waals surface area contributed by atoms with Crippen molar-refractivity contribution in [3.05, 3.63) is 53.0 Å². The van der Waals surface area contributed by atoms with Crippen LogP contribution in [0.3, 0.4) is 0 Å². The van der Waals surface area contributed by atoms with Gasteiger partial charge in [-0.3, -0.25) is 4.79 Å². The van der Waals surface area contributed by atoms with Crippen LogP contribution in [0.1, 0.15) is 41.4 Å². The Morgan fingerprint density at radius 2 is 1.96 bits per heavy atom. The summed E-state index contributed by atoms with van der Waals surface area (Å²) in [5.74, 6) is -1.05. The molecule has 0 radical (unpaired) electrons. The van der Waals surface area contributed by atoms with Gasteiger partial charge in [0.1, 0.15) is 29.5 Å². The highest BCUT2D eigenvalue weighted by Crippen LogP contribution is 2.40. The third-order valence-corrected chi connectivity index (χ3v) is 4.80. The number of furan rings is 1. The molecule has 4 rings (SSSR count). The summed E-state index contributed by atoms with van der Waals surface area (Å²) >= 11 is 0. The number of fused-ring (bicyclic) bond motifs is 1. The standard InChI is InChI=1S/C19H18F2N4O2/c1-10-14(17(26)22-8-11-12(20)4-3-5-13(11)21)15-16(25-19(2)6-7-19)23-9-24-18(15)27-10/h3-5,9H,6-8H2,1-2H3,(H,22,26)(H,23,24,25). The van der Waals surface area contributed by atoms with Crippen LogP contribution in [0.15, 0.2) is 28.9 Å². The molecule has 0 unspecified atom stereocenters. The summed E-state index contributed by atoms with van der Waals surface area (Å²) in [6.07, 6.45) is 3.38. The number of hydrogen-bond acceptors (Lipinski definition) is 5. The molecule has 1 fully saturated rings.